The Morgan fingerprint density at radius 2 is 1.58 bits per heavy atom. The van der Waals surface area contributed by atoms with Crippen molar-refractivity contribution < 1.29 is 24.2 Å². The van der Waals surface area contributed by atoms with Crippen molar-refractivity contribution in [2.24, 2.45) is 73.9 Å². The molecule has 0 radical (unpaired) electrons. The Morgan fingerprint density at radius 3 is 2.25 bits per heavy atom. The minimum Gasteiger partial charge on any atom is -0.481 e. The Labute approximate surface area is 384 Å². The molecule has 9 nitrogen and oxygen atoms in total. The van der Waals surface area contributed by atoms with E-state index < -0.39 is 17.3 Å². The molecular formula is C55H80N4O5. The number of imidazole rings is 1. The van der Waals surface area contributed by atoms with Crippen LogP contribution < -0.4 is 0 Å². The summed E-state index contributed by atoms with van der Waals surface area (Å²) in [6, 6.07) is 10.5. The van der Waals surface area contributed by atoms with Gasteiger partial charge in [0, 0.05) is 36.8 Å². The number of amides is 1. The summed E-state index contributed by atoms with van der Waals surface area (Å²) >= 11 is 0. The Hall–Kier alpha value is -3.46. The van der Waals surface area contributed by atoms with E-state index >= 15 is 4.79 Å². The summed E-state index contributed by atoms with van der Waals surface area (Å²) in [5.41, 5.74) is 2.52. The van der Waals surface area contributed by atoms with Crippen LogP contribution in [0.1, 0.15) is 151 Å². The average Bonchev–Trinajstić information content (AvgIpc) is 3.99. The molecule has 9 rings (SSSR count). The molecule has 2 heterocycles. The van der Waals surface area contributed by atoms with Crippen molar-refractivity contribution in [1.82, 2.24) is 19.4 Å². The number of ether oxygens (including phenoxy) is 1. The van der Waals surface area contributed by atoms with Crippen molar-refractivity contribution in [3.05, 3.63) is 54.5 Å². The normalized spacial score (nSPS) is 40.7. The highest BCUT2D eigenvalue weighted by atomic mass is 16.5. The number of carbonyl (C=O) groups is 3. The molecule has 6 aliphatic carbocycles. The Balaban J connectivity index is 0.983. The molecule has 0 spiro atoms. The summed E-state index contributed by atoms with van der Waals surface area (Å²) in [6.07, 6.45) is 14.9. The molecule has 7 fully saturated rings. The number of benzene rings is 1. The number of carbonyl (C=O) groups excluding carboxylic acids is 2. The van der Waals surface area contributed by atoms with E-state index in [9.17, 15) is 14.7 Å². The molecule has 2 aromatic rings. The number of fused-ring (bicyclic) bond motifs is 7. The lowest BCUT2D eigenvalue weighted by Crippen LogP contribution is -2.67. The van der Waals surface area contributed by atoms with Gasteiger partial charge in [-0.2, -0.15) is 0 Å². The van der Waals surface area contributed by atoms with Crippen LogP contribution in [0.5, 0.6) is 0 Å². The van der Waals surface area contributed by atoms with Gasteiger partial charge in [-0.3, -0.25) is 14.4 Å². The first-order chi connectivity index (χ1) is 30.1. The van der Waals surface area contributed by atoms with E-state index in [1.165, 1.54) is 12.0 Å². The molecule has 64 heavy (non-hydrogen) atoms. The van der Waals surface area contributed by atoms with E-state index in [0.717, 1.165) is 107 Å². The van der Waals surface area contributed by atoms with Crippen LogP contribution in [0.2, 0.25) is 0 Å². The second kappa shape index (κ2) is 15.8. The molecule has 350 valence electrons. The van der Waals surface area contributed by atoms with Crippen LogP contribution in [0.4, 0.5) is 0 Å². The van der Waals surface area contributed by atoms with Gasteiger partial charge in [-0.25, -0.2) is 4.98 Å². The van der Waals surface area contributed by atoms with Crippen molar-refractivity contribution in [2.45, 2.75) is 158 Å². The van der Waals surface area contributed by atoms with E-state index in [4.69, 9.17) is 9.72 Å². The standard InChI is InChI=1S/C55H80N4O5/c1-34(2)36-21-26-55(49(63)59-29-15-18-41(59)46-56-40(35-16-13-12-14-17-35)33-58(46)31-30-57(10)11)28-27-53(8)37(45(36)55)19-20-43-52(7)24-23-44(51(5,6)42(52)22-25-54(43,53)9)64-48(62)39-32-38(47(60)61)50(39,3)4/h12-14,16-17,33,36-39,41-45H,1,15,18-32H2,2-11H3,(H,60,61)/t36-,37+,38-,39+,41-,42?,43?,44-,45?,52-,53+,54+,55-/m0/s1. The van der Waals surface area contributed by atoms with Crippen LogP contribution in [0.3, 0.4) is 0 Å². The number of likely N-dealkylation sites (tertiary alicyclic amines) is 1. The fourth-order valence-corrected chi connectivity index (χ4v) is 17.2. The van der Waals surface area contributed by atoms with E-state index in [0.29, 0.717) is 36.0 Å². The van der Waals surface area contributed by atoms with Gasteiger partial charge in [0.15, 0.2) is 0 Å². The third kappa shape index (κ3) is 6.66. The first-order valence-electron chi connectivity index (χ1n) is 25.3. The van der Waals surface area contributed by atoms with Crippen molar-refractivity contribution in [3.63, 3.8) is 0 Å². The van der Waals surface area contributed by atoms with Crippen LogP contribution in [0.25, 0.3) is 11.3 Å². The topological polar surface area (TPSA) is 105 Å². The molecule has 9 heteroatoms. The van der Waals surface area contributed by atoms with Gasteiger partial charge in [0.25, 0.3) is 0 Å². The largest absolute Gasteiger partial charge is 0.481 e. The third-order valence-electron chi connectivity index (χ3n) is 21.0. The summed E-state index contributed by atoms with van der Waals surface area (Å²) in [6.45, 7) is 25.9. The summed E-state index contributed by atoms with van der Waals surface area (Å²) in [5.74, 6) is 1.61. The Kier molecular flexibility index (Phi) is 11.3. The monoisotopic (exact) mass is 877 g/mol. The molecule has 1 N–H and O–H groups in total. The number of esters is 1. The van der Waals surface area contributed by atoms with Gasteiger partial charge in [0.2, 0.25) is 5.91 Å². The van der Waals surface area contributed by atoms with Crippen LogP contribution in [-0.2, 0) is 25.7 Å². The smallest absolute Gasteiger partial charge is 0.309 e. The summed E-state index contributed by atoms with van der Waals surface area (Å²) in [4.78, 5) is 51.4. The molecule has 0 bridgehead atoms. The predicted molar refractivity (Wildman–Crippen MR) is 252 cm³/mol. The lowest BCUT2D eigenvalue weighted by molar-refractivity contribution is -0.251. The Bertz CT molecular complexity index is 2160. The summed E-state index contributed by atoms with van der Waals surface area (Å²) < 4.78 is 8.84. The number of rotatable bonds is 10. The van der Waals surface area contributed by atoms with E-state index in [1.807, 2.05) is 13.8 Å². The van der Waals surface area contributed by atoms with Gasteiger partial charge in [-0.05, 0) is 156 Å². The summed E-state index contributed by atoms with van der Waals surface area (Å²) in [7, 11) is 4.24. The number of nitrogens with zero attached hydrogens (tertiary/aromatic N) is 4. The van der Waals surface area contributed by atoms with Gasteiger partial charge in [0.1, 0.15) is 11.9 Å². The number of carboxylic acid groups (broad SMARTS) is 1. The zero-order chi connectivity index (χ0) is 45.9. The second-order valence-electron chi connectivity index (χ2n) is 24.6. The number of aliphatic carboxylic acids is 1. The van der Waals surface area contributed by atoms with Crippen molar-refractivity contribution >= 4 is 17.8 Å². The highest BCUT2D eigenvalue weighted by Gasteiger charge is 2.72. The highest BCUT2D eigenvalue weighted by Crippen LogP contribution is 2.78. The summed E-state index contributed by atoms with van der Waals surface area (Å²) in [5, 5.41) is 9.74. The zero-order valence-electron chi connectivity index (χ0n) is 41.1. The van der Waals surface area contributed by atoms with Crippen molar-refractivity contribution in [2.75, 3.05) is 27.2 Å². The van der Waals surface area contributed by atoms with Crippen LogP contribution in [0.15, 0.2) is 48.7 Å². The maximum Gasteiger partial charge on any atom is 0.309 e. The average molecular weight is 877 g/mol. The number of allylic oxidation sites excluding steroid dienone is 1. The van der Waals surface area contributed by atoms with E-state index in [1.54, 1.807) is 0 Å². The zero-order valence-corrected chi connectivity index (χ0v) is 41.1. The molecule has 3 unspecified atom stereocenters. The minimum absolute atomic E-state index is 0.0255. The van der Waals surface area contributed by atoms with Gasteiger partial charge < -0.3 is 24.2 Å². The molecule has 7 aliphatic rings. The Morgan fingerprint density at radius 1 is 0.844 bits per heavy atom. The molecule has 1 amide bonds. The van der Waals surface area contributed by atoms with Crippen molar-refractivity contribution in [1.29, 1.82) is 0 Å². The van der Waals surface area contributed by atoms with E-state index in [2.05, 4.69) is 113 Å². The van der Waals surface area contributed by atoms with Gasteiger partial charge >= 0.3 is 11.9 Å². The molecule has 1 aliphatic heterocycles. The van der Waals surface area contributed by atoms with Crippen molar-refractivity contribution in [3.8, 4) is 11.3 Å². The molecule has 1 saturated heterocycles. The number of aromatic nitrogens is 2. The number of carboxylic acids is 1. The molecule has 13 atom stereocenters. The molecule has 1 aromatic heterocycles. The third-order valence-corrected chi connectivity index (χ3v) is 21.0. The maximum absolute atomic E-state index is 15.9. The second-order valence-corrected chi connectivity index (χ2v) is 24.6. The number of likely N-dealkylation sites (N-methyl/N-ethyl adjacent to an activating group) is 1. The highest BCUT2D eigenvalue weighted by molar-refractivity contribution is 5.85. The number of hydrogen-bond donors (Lipinski definition) is 1. The molecule has 1 aromatic carbocycles. The maximum atomic E-state index is 15.9. The molecule has 6 saturated carbocycles. The quantitative estimate of drug-likeness (QED) is 0.187. The van der Waals surface area contributed by atoms with Gasteiger partial charge in [0.05, 0.1) is 29.0 Å². The predicted octanol–water partition coefficient (Wildman–Crippen LogP) is 11.1. The lowest BCUT2D eigenvalue weighted by Gasteiger charge is -2.73. The lowest BCUT2D eigenvalue weighted by atomic mass is 9.32. The fourth-order valence-electron chi connectivity index (χ4n) is 17.2. The molecular weight excluding hydrogens is 797 g/mol. The number of hydrogen-bond acceptors (Lipinski definition) is 6. The fraction of sp³-hybridized carbons (Fsp3) is 0.745. The minimum atomic E-state index is -0.817. The van der Waals surface area contributed by atoms with Crippen LogP contribution in [0, 0.1) is 73.9 Å². The SMILES string of the molecule is C=C(C)[C@@H]1CC[C@]2(C(=O)N3CCC[C@H]3c3nc(-c4ccccc4)cn3CCN(C)C)CC[C@]3(C)[C@H](CCC4[C@@]5(C)CC[C@H](OC(=O)[C@H]6C[C@@H](C(=O)O)C6(C)C)C(C)(C)C5CC[C@]43C)C12. The van der Waals surface area contributed by atoms with Gasteiger partial charge in [-0.1, -0.05) is 91.0 Å². The van der Waals surface area contributed by atoms with Gasteiger partial charge in [-0.15, -0.1) is 0 Å². The van der Waals surface area contributed by atoms with Crippen LogP contribution >= 0.6 is 0 Å². The first-order valence-corrected chi connectivity index (χ1v) is 25.3. The van der Waals surface area contributed by atoms with Crippen LogP contribution in [-0.4, -0.2) is 75.6 Å². The van der Waals surface area contributed by atoms with E-state index in [-0.39, 0.29) is 57.0 Å². The first kappa shape index (κ1) is 45.7.